The third kappa shape index (κ3) is 18.2. The Balaban J connectivity index is 2.07. The molecule has 2 atom stereocenters. The van der Waals surface area contributed by atoms with Gasteiger partial charge in [-0.2, -0.15) is 0 Å². The summed E-state index contributed by atoms with van der Waals surface area (Å²) in [4.78, 5) is 24.0. The Kier molecular flexibility index (Phi) is 19.9. The number of carbonyl (C=O) groups excluding carboxylic acids is 2. The van der Waals surface area contributed by atoms with E-state index in [1.807, 2.05) is 0 Å². The molecule has 0 aromatic heterocycles. The van der Waals surface area contributed by atoms with E-state index < -0.39 is 23.5 Å². The Hall–Kier alpha value is -1.80. The molecule has 2 amide bonds. The molecule has 8 heteroatoms. The maximum absolute atomic E-state index is 14.0. The monoisotopic (exact) mass is 528 g/mol. The molecule has 0 heterocycles. The van der Waals surface area contributed by atoms with Gasteiger partial charge in [-0.1, -0.05) is 77.0 Å². The summed E-state index contributed by atoms with van der Waals surface area (Å²) in [6.07, 6.45) is 20.6. The Labute approximate surface area is 222 Å². The van der Waals surface area contributed by atoms with Crippen LogP contribution in [0.5, 0.6) is 0 Å². The van der Waals surface area contributed by atoms with Gasteiger partial charge in [-0.3, -0.25) is 9.59 Å². The molecule has 0 aromatic rings. The third-order valence-corrected chi connectivity index (χ3v) is 6.73. The van der Waals surface area contributed by atoms with Crippen LogP contribution in [0.15, 0.2) is 23.8 Å². The number of allylic oxidation sites excluding steroid dienone is 2. The molecule has 1 saturated carbocycles. The van der Waals surface area contributed by atoms with Gasteiger partial charge >= 0.3 is 0 Å². The van der Waals surface area contributed by atoms with Crippen LogP contribution in [0, 0.1) is 0 Å². The van der Waals surface area contributed by atoms with E-state index >= 15 is 0 Å². The van der Waals surface area contributed by atoms with Crippen molar-refractivity contribution in [2.75, 3.05) is 13.2 Å². The van der Waals surface area contributed by atoms with E-state index in [4.69, 9.17) is 10.2 Å². The van der Waals surface area contributed by atoms with Gasteiger partial charge in [0.15, 0.2) is 11.7 Å². The van der Waals surface area contributed by atoms with Gasteiger partial charge in [0.2, 0.25) is 0 Å². The first-order chi connectivity index (χ1) is 18.0. The topological polar surface area (TPSA) is 98.7 Å². The van der Waals surface area contributed by atoms with Gasteiger partial charge in [0, 0.05) is 13.2 Å². The Bertz CT molecular complexity index is 629. The average Bonchev–Trinajstić information content (AvgIpc) is 3.62. The minimum absolute atomic E-state index is 0.257. The van der Waals surface area contributed by atoms with Gasteiger partial charge in [-0.25, -0.2) is 8.78 Å². The summed E-state index contributed by atoms with van der Waals surface area (Å²) >= 11 is 0. The largest absolute Gasteiger partial charge is 0.396 e. The van der Waals surface area contributed by atoms with Crippen LogP contribution in [0.25, 0.3) is 0 Å². The van der Waals surface area contributed by atoms with E-state index in [2.05, 4.69) is 10.6 Å². The lowest BCUT2D eigenvalue weighted by atomic mass is 10.1. The minimum Gasteiger partial charge on any atom is -0.396 e. The van der Waals surface area contributed by atoms with Gasteiger partial charge in [-0.05, 0) is 57.1 Å². The van der Waals surface area contributed by atoms with E-state index in [-0.39, 0.29) is 25.3 Å². The van der Waals surface area contributed by atoms with E-state index in [1.165, 1.54) is 12.2 Å². The first kappa shape index (κ1) is 33.2. The molecule has 0 spiro atoms. The molecule has 0 saturated heterocycles. The fraction of sp³-hybridized carbons (Fsp3) is 0.793. The molecule has 214 valence electrons. The second kappa shape index (κ2) is 22.2. The predicted octanol–water partition coefficient (Wildman–Crippen LogP) is 6.07. The first-order valence-electron chi connectivity index (χ1n) is 14.5. The lowest BCUT2D eigenvalue weighted by Gasteiger charge is -2.05. The molecule has 0 aromatic carbocycles. The van der Waals surface area contributed by atoms with Crippen LogP contribution in [0.2, 0.25) is 0 Å². The normalized spacial score (nSPS) is 17.6. The van der Waals surface area contributed by atoms with E-state index in [0.717, 1.165) is 103 Å². The fourth-order valence-electron chi connectivity index (χ4n) is 4.27. The van der Waals surface area contributed by atoms with Crippen molar-refractivity contribution in [1.29, 1.82) is 0 Å². The molecule has 1 aliphatic carbocycles. The maximum atomic E-state index is 14.0. The summed E-state index contributed by atoms with van der Waals surface area (Å²) in [5.41, 5.74) is 0. The van der Waals surface area contributed by atoms with Gasteiger partial charge in [0.25, 0.3) is 11.8 Å². The zero-order chi connectivity index (χ0) is 27.1. The molecule has 1 rings (SSSR count). The fourth-order valence-corrected chi connectivity index (χ4v) is 4.27. The summed E-state index contributed by atoms with van der Waals surface area (Å²) in [5.74, 6) is -3.18. The Morgan fingerprint density at radius 2 is 0.865 bits per heavy atom. The van der Waals surface area contributed by atoms with Crippen LogP contribution in [0.4, 0.5) is 8.78 Å². The summed E-state index contributed by atoms with van der Waals surface area (Å²) < 4.78 is 28.1. The highest BCUT2D eigenvalue weighted by atomic mass is 19.1. The van der Waals surface area contributed by atoms with Crippen LogP contribution in [0.3, 0.4) is 0 Å². The van der Waals surface area contributed by atoms with E-state index in [9.17, 15) is 18.4 Å². The van der Waals surface area contributed by atoms with Crippen LogP contribution >= 0.6 is 0 Å². The zero-order valence-corrected chi connectivity index (χ0v) is 22.6. The van der Waals surface area contributed by atoms with Crippen molar-refractivity contribution < 1.29 is 28.6 Å². The molecule has 37 heavy (non-hydrogen) atoms. The number of aliphatic hydroxyl groups excluding tert-OH is 2. The smallest absolute Gasteiger partial charge is 0.279 e. The molecule has 4 N–H and O–H groups in total. The lowest BCUT2D eigenvalue weighted by Crippen LogP contribution is -2.35. The van der Waals surface area contributed by atoms with Crippen molar-refractivity contribution in [3.8, 4) is 0 Å². The molecule has 0 bridgehead atoms. The number of halogens is 2. The number of nitrogens with one attached hydrogen (secondary N) is 2. The molecule has 6 nitrogen and oxygen atoms in total. The molecule has 0 unspecified atom stereocenters. The van der Waals surface area contributed by atoms with Gasteiger partial charge in [0.05, 0.1) is 12.1 Å². The number of hydrogen-bond donors (Lipinski definition) is 4. The number of unbranched alkanes of at least 4 members (excludes halogenated alkanes) is 16. The third-order valence-electron chi connectivity index (χ3n) is 6.73. The number of aliphatic hydroxyl groups is 2. The second-order valence-corrected chi connectivity index (χ2v) is 10.2. The van der Waals surface area contributed by atoms with Crippen LogP contribution in [0.1, 0.15) is 122 Å². The van der Waals surface area contributed by atoms with Crippen molar-refractivity contribution in [2.24, 2.45) is 0 Å². The van der Waals surface area contributed by atoms with Crippen molar-refractivity contribution in [3.05, 3.63) is 23.8 Å². The highest BCUT2D eigenvalue weighted by Gasteiger charge is 2.40. The summed E-state index contributed by atoms with van der Waals surface area (Å²) in [6.45, 7) is 0.513. The highest BCUT2D eigenvalue weighted by Crippen LogP contribution is 2.23. The molecule has 0 radical (unpaired) electrons. The second-order valence-electron chi connectivity index (χ2n) is 10.2. The standard InChI is InChI=1S/C29H50F2N2O4/c30-24(19-15-11-7-3-1-5-9-13-17-21-34)28(36)32-26-23-27(26)33-29(37)25(31)20-16-12-8-4-2-6-10-14-18-22-35/h19-20,26-27,34-35H,1-18,21-23H2,(H,32,36)(H,33,37)/t26-,27+. The van der Waals surface area contributed by atoms with E-state index in [1.54, 1.807) is 0 Å². The van der Waals surface area contributed by atoms with Crippen molar-refractivity contribution >= 4 is 11.8 Å². The van der Waals surface area contributed by atoms with Crippen molar-refractivity contribution in [3.63, 3.8) is 0 Å². The number of carbonyl (C=O) groups is 2. The van der Waals surface area contributed by atoms with E-state index in [0.29, 0.717) is 19.3 Å². The van der Waals surface area contributed by atoms with Gasteiger partial charge in [-0.15, -0.1) is 0 Å². The van der Waals surface area contributed by atoms with Crippen molar-refractivity contribution in [2.45, 2.75) is 134 Å². The summed E-state index contributed by atoms with van der Waals surface area (Å²) in [7, 11) is 0. The summed E-state index contributed by atoms with van der Waals surface area (Å²) in [6, 6.07) is -0.738. The van der Waals surface area contributed by atoms with Gasteiger partial charge < -0.3 is 20.8 Å². The van der Waals surface area contributed by atoms with Crippen molar-refractivity contribution in [1.82, 2.24) is 10.6 Å². The minimum atomic E-state index is -0.808. The quantitative estimate of drug-likeness (QED) is 0.0902. The van der Waals surface area contributed by atoms with Gasteiger partial charge in [0.1, 0.15) is 0 Å². The number of rotatable bonds is 24. The first-order valence-corrected chi connectivity index (χ1v) is 14.5. The molecule has 1 aliphatic rings. The molecular weight excluding hydrogens is 478 g/mol. The van der Waals surface area contributed by atoms with Crippen LogP contribution in [-0.2, 0) is 9.59 Å². The number of amides is 2. The average molecular weight is 529 g/mol. The molecule has 0 aliphatic heterocycles. The maximum Gasteiger partial charge on any atom is 0.279 e. The molecule has 1 fully saturated rings. The highest BCUT2D eigenvalue weighted by molar-refractivity contribution is 5.93. The zero-order valence-electron chi connectivity index (χ0n) is 22.6. The summed E-state index contributed by atoms with van der Waals surface area (Å²) in [5, 5.41) is 22.6. The number of hydrogen-bond acceptors (Lipinski definition) is 4. The predicted molar refractivity (Wildman–Crippen MR) is 144 cm³/mol. The van der Waals surface area contributed by atoms with Crippen LogP contribution < -0.4 is 10.6 Å². The van der Waals surface area contributed by atoms with Crippen LogP contribution in [-0.4, -0.2) is 47.3 Å². The molecular formula is C29H50F2N2O4. The SMILES string of the molecule is O=C(N[C@H]1C[C@H]1NC(=O)C(F)=CCCCCCCCCCCO)C(F)=CCCCCCCCCCCO. The Morgan fingerprint density at radius 1 is 0.568 bits per heavy atom. The Morgan fingerprint density at radius 3 is 1.19 bits per heavy atom. The lowest BCUT2D eigenvalue weighted by molar-refractivity contribution is -0.120.